The molecule has 210 valence electrons. The van der Waals surface area contributed by atoms with Crippen LogP contribution in [0.5, 0.6) is 0 Å². The van der Waals surface area contributed by atoms with Gasteiger partial charge in [0.05, 0.1) is 19.3 Å². The number of aromatic nitrogens is 1. The van der Waals surface area contributed by atoms with Crippen molar-refractivity contribution in [2.24, 2.45) is 0 Å². The minimum absolute atomic E-state index is 0.0772. The number of aliphatic hydroxyl groups is 1. The number of hydrogen-bond donors (Lipinski definition) is 1. The van der Waals surface area contributed by atoms with Crippen LogP contribution in [0.25, 0.3) is 17.2 Å². The molecule has 39 heavy (non-hydrogen) atoms. The average molecular weight is 530 g/mol. The number of nitrogens with zero attached hydrogens (tertiary/aromatic N) is 1. The lowest BCUT2D eigenvalue weighted by molar-refractivity contribution is -0.271. The number of pyridine rings is 1. The molecule has 0 aliphatic carbocycles. The van der Waals surface area contributed by atoms with Crippen LogP contribution in [0, 0.1) is 20.8 Å². The molecule has 0 fully saturated rings. The van der Waals surface area contributed by atoms with Crippen molar-refractivity contribution >= 4 is 6.08 Å². The van der Waals surface area contributed by atoms with Crippen LogP contribution in [0.3, 0.4) is 0 Å². The molecule has 1 N–H and O–H groups in total. The zero-order valence-electron chi connectivity index (χ0n) is 25.2. The first-order valence-corrected chi connectivity index (χ1v) is 14.4. The highest BCUT2D eigenvalue weighted by Crippen LogP contribution is 2.42. The fourth-order valence-electron chi connectivity index (χ4n) is 5.82. The quantitative estimate of drug-likeness (QED) is 0.137. The van der Waals surface area contributed by atoms with E-state index in [1.807, 2.05) is 32.3 Å². The summed E-state index contributed by atoms with van der Waals surface area (Å²) in [7, 11) is 1.53. The zero-order chi connectivity index (χ0) is 28.6. The fraction of sp³-hybridized carbons (Fsp3) is 0.457. The van der Waals surface area contributed by atoms with Gasteiger partial charge >= 0.3 is 0 Å². The summed E-state index contributed by atoms with van der Waals surface area (Å²) in [6, 6.07) is 13.8. The van der Waals surface area contributed by atoms with Gasteiger partial charge in [0.1, 0.15) is 0 Å². The molecule has 4 nitrogen and oxygen atoms in total. The van der Waals surface area contributed by atoms with Gasteiger partial charge in [0.15, 0.2) is 0 Å². The molecular weight excluding hydrogens is 482 g/mol. The van der Waals surface area contributed by atoms with Gasteiger partial charge in [-0.3, -0.25) is 4.98 Å². The fourth-order valence-corrected chi connectivity index (χ4v) is 5.82. The maximum atomic E-state index is 10.7. The zero-order valence-corrected chi connectivity index (χ0v) is 25.2. The summed E-state index contributed by atoms with van der Waals surface area (Å²) in [6.07, 6.45) is 12.1. The minimum Gasteiger partial charge on any atom is -0.386 e. The Morgan fingerprint density at radius 1 is 0.821 bits per heavy atom. The van der Waals surface area contributed by atoms with Crippen molar-refractivity contribution in [2.75, 3.05) is 13.7 Å². The van der Waals surface area contributed by atoms with Crippen molar-refractivity contribution in [2.45, 2.75) is 91.6 Å². The monoisotopic (exact) mass is 529 g/mol. The van der Waals surface area contributed by atoms with E-state index in [4.69, 9.17) is 9.78 Å². The normalized spacial score (nSPS) is 12.4. The summed E-state index contributed by atoms with van der Waals surface area (Å²) < 4.78 is 0. The van der Waals surface area contributed by atoms with E-state index in [0.29, 0.717) is 19.4 Å². The van der Waals surface area contributed by atoms with Crippen LogP contribution < -0.4 is 0 Å². The van der Waals surface area contributed by atoms with Crippen LogP contribution in [0.4, 0.5) is 0 Å². The first kappa shape index (κ1) is 30.7. The van der Waals surface area contributed by atoms with Crippen molar-refractivity contribution in [3.05, 3.63) is 93.8 Å². The number of hydrogen-bond acceptors (Lipinski definition) is 4. The van der Waals surface area contributed by atoms with Crippen LogP contribution >= 0.6 is 0 Å². The molecule has 4 heteroatoms. The third-order valence-corrected chi connectivity index (χ3v) is 8.59. The Hall–Kier alpha value is -2.79. The summed E-state index contributed by atoms with van der Waals surface area (Å²) in [5, 5.41) is 10.7. The van der Waals surface area contributed by atoms with Crippen molar-refractivity contribution in [3.63, 3.8) is 0 Å². The van der Waals surface area contributed by atoms with Crippen molar-refractivity contribution in [3.8, 4) is 11.1 Å². The highest BCUT2D eigenvalue weighted by molar-refractivity contribution is 5.72. The Balaban J connectivity index is 2.01. The molecule has 0 saturated carbocycles. The highest BCUT2D eigenvalue weighted by Gasteiger charge is 2.32. The van der Waals surface area contributed by atoms with E-state index >= 15 is 0 Å². The topological polar surface area (TPSA) is 51.6 Å². The predicted molar refractivity (Wildman–Crippen MR) is 163 cm³/mol. The van der Waals surface area contributed by atoms with Gasteiger partial charge in [-0.05, 0) is 97.0 Å². The lowest BCUT2D eigenvalue weighted by atomic mass is 9.69. The second kappa shape index (κ2) is 13.5. The second-order valence-corrected chi connectivity index (χ2v) is 10.8. The minimum atomic E-state index is -0.745. The largest absolute Gasteiger partial charge is 0.386 e. The Morgan fingerprint density at radius 3 is 2.03 bits per heavy atom. The van der Waals surface area contributed by atoms with Crippen LogP contribution in [-0.2, 0) is 21.6 Å². The van der Waals surface area contributed by atoms with Crippen molar-refractivity contribution in [1.82, 2.24) is 4.98 Å². The first-order valence-electron chi connectivity index (χ1n) is 14.4. The molecule has 0 saturated heterocycles. The molecule has 0 bridgehead atoms. The lowest BCUT2D eigenvalue weighted by Crippen LogP contribution is -2.26. The highest BCUT2D eigenvalue weighted by atomic mass is 17.2. The van der Waals surface area contributed by atoms with Gasteiger partial charge in [-0.1, -0.05) is 70.2 Å². The summed E-state index contributed by atoms with van der Waals surface area (Å²) >= 11 is 0. The van der Waals surface area contributed by atoms with E-state index < -0.39 is 5.60 Å². The number of rotatable bonds is 13. The van der Waals surface area contributed by atoms with E-state index in [1.165, 1.54) is 40.5 Å². The predicted octanol–water partition coefficient (Wildman–Crippen LogP) is 8.46. The summed E-state index contributed by atoms with van der Waals surface area (Å²) in [4.78, 5) is 14.3. The molecular formula is C35H47NO3. The maximum Gasteiger partial charge on any atom is 0.0863 e. The third kappa shape index (κ3) is 6.87. The number of benzene rings is 2. The molecule has 0 spiro atoms. The van der Waals surface area contributed by atoms with E-state index in [0.717, 1.165) is 36.0 Å². The SMILES string of the molecule is CCC(O)(/C=C/c1ccc(C(CC)(CC)c2cc(C)c(-c3cncc(CCOOC)c3)c(C)c2)cc1C)CC. The molecule has 2 aromatic carbocycles. The van der Waals surface area contributed by atoms with Gasteiger partial charge in [0, 0.05) is 29.8 Å². The van der Waals surface area contributed by atoms with Crippen molar-refractivity contribution in [1.29, 1.82) is 0 Å². The van der Waals surface area contributed by atoms with E-state index in [-0.39, 0.29) is 5.41 Å². The first-order chi connectivity index (χ1) is 18.7. The van der Waals surface area contributed by atoms with Crippen LogP contribution in [0.15, 0.2) is 54.9 Å². The Kier molecular flexibility index (Phi) is 10.7. The van der Waals surface area contributed by atoms with Gasteiger partial charge in [-0.25, -0.2) is 9.78 Å². The average Bonchev–Trinajstić information content (AvgIpc) is 2.93. The van der Waals surface area contributed by atoms with Gasteiger partial charge in [0.25, 0.3) is 0 Å². The third-order valence-electron chi connectivity index (χ3n) is 8.59. The van der Waals surface area contributed by atoms with Gasteiger partial charge < -0.3 is 5.11 Å². The molecule has 0 radical (unpaired) electrons. The Bertz CT molecular complexity index is 1250. The Morgan fingerprint density at radius 2 is 1.46 bits per heavy atom. The second-order valence-electron chi connectivity index (χ2n) is 10.8. The molecule has 1 aromatic heterocycles. The molecule has 3 aromatic rings. The maximum absolute atomic E-state index is 10.7. The summed E-state index contributed by atoms with van der Waals surface area (Å²) in [6.45, 7) is 15.7. The van der Waals surface area contributed by atoms with Crippen LogP contribution in [0.2, 0.25) is 0 Å². The van der Waals surface area contributed by atoms with Crippen LogP contribution in [0.1, 0.15) is 92.3 Å². The summed E-state index contributed by atoms with van der Waals surface area (Å²) in [5.74, 6) is 0. The Labute approximate surface area is 236 Å². The molecule has 0 aliphatic heterocycles. The smallest absolute Gasteiger partial charge is 0.0863 e. The van der Waals surface area contributed by atoms with Crippen LogP contribution in [-0.4, -0.2) is 29.4 Å². The lowest BCUT2D eigenvalue weighted by Gasteiger charge is -2.35. The standard InChI is InChI=1S/C35H47NO3/c1-9-34(37,10-2)17-15-29-13-14-31(19-25(29)5)35(11-3,12-4)32-20-26(6)33(27(7)21-32)30-22-28(23-36-24-30)16-18-39-38-8/h13-15,17,19-24,37H,9-12,16,18H2,1-8H3/b17-15+. The summed E-state index contributed by atoms with van der Waals surface area (Å²) in [5.41, 5.74) is 10.3. The molecule has 1 heterocycles. The molecule has 0 amide bonds. The number of aryl methyl sites for hydroxylation is 3. The van der Waals surface area contributed by atoms with E-state index in [9.17, 15) is 5.11 Å². The van der Waals surface area contributed by atoms with Gasteiger partial charge in [0.2, 0.25) is 0 Å². The van der Waals surface area contributed by atoms with Crippen molar-refractivity contribution < 1.29 is 14.9 Å². The van der Waals surface area contributed by atoms with Gasteiger partial charge in [-0.15, -0.1) is 0 Å². The van der Waals surface area contributed by atoms with E-state index in [2.05, 4.69) is 82.1 Å². The van der Waals surface area contributed by atoms with E-state index in [1.54, 1.807) is 0 Å². The molecule has 0 atom stereocenters. The van der Waals surface area contributed by atoms with Gasteiger partial charge in [-0.2, -0.15) is 0 Å². The molecule has 0 aliphatic rings. The molecule has 3 rings (SSSR count). The molecule has 0 unspecified atom stereocenters.